The van der Waals surface area contributed by atoms with E-state index in [1.54, 1.807) is 19.5 Å². The van der Waals surface area contributed by atoms with Gasteiger partial charge < -0.3 is 9.64 Å². The Balaban J connectivity index is 1.50. The first-order chi connectivity index (χ1) is 14.6. The minimum absolute atomic E-state index is 0.155. The lowest BCUT2D eigenvalue weighted by molar-refractivity contribution is -0.140. The summed E-state index contributed by atoms with van der Waals surface area (Å²) in [6.07, 6.45) is 4.31. The Morgan fingerprint density at radius 1 is 0.900 bits per heavy atom. The SMILES string of the molecule is COc1ccc(CN2CCN(C)C(=O)C2Cc2ccc(-c3ccncc3)cc2)cc1. The zero-order valence-corrected chi connectivity index (χ0v) is 17.5. The van der Waals surface area contributed by atoms with Gasteiger partial charge in [-0.3, -0.25) is 14.7 Å². The molecular formula is C25H27N3O2. The van der Waals surface area contributed by atoms with Crippen molar-refractivity contribution in [3.8, 4) is 16.9 Å². The minimum atomic E-state index is -0.155. The van der Waals surface area contributed by atoms with Crippen LogP contribution in [-0.2, 0) is 17.8 Å². The molecule has 1 aromatic heterocycles. The van der Waals surface area contributed by atoms with Crippen LogP contribution in [0.2, 0.25) is 0 Å². The second-order valence-electron chi connectivity index (χ2n) is 7.73. The molecule has 1 aliphatic rings. The van der Waals surface area contributed by atoms with Gasteiger partial charge >= 0.3 is 0 Å². The van der Waals surface area contributed by atoms with Gasteiger partial charge in [-0.25, -0.2) is 0 Å². The van der Waals surface area contributed by atoms with Crippen molar-refractivity contribution in [2.75, 3.05) is 27.2 Å². The number of carbonyl (C=O) groups excluding carboxylic acids is 1. The molecule has 1 fully saturated rings. The molecule has 5 heteroatoms. The molecule has 0 saturated carbocycles. The molecular weight excluding hydrogens is 374 g/mol. The van der Waals surface area contributed by atoms with Crippen LogP contribution in [0.5, 0.6) is 5.75 Å². The first kappa shape index (κ1) is 20.1. The van der Waals surface area contributed by atoms with E-state index in [0.717, 1.165) is 36.5 Å². The van der Waals surface area contributed by atoms with Gasteiger partial charge in [0.05, 0.1) is 13.2 Å². The van der Waals surface area contributed by atoms with Gasteiger partial charge in [-0.05, 0) is 52.9 Å². The van der Waals surface area contributed by atoms with Gasteiger partial charge in [-0.15, -0.1) is 0 Å². The lowest BCUT2D eigenvalue weighted by Crippen LogP contribution is -2.56. The van der Waals surface area contributed by atoms with Crippen LogP contribution >= 0.6 is 0 Å². The first-order valence-corrected chi connectivity index (χ1v) is 10.3. The van der Waals surface area contributed by atoms with Crippen molar-refractivity contribution < 1.29 is 9.53 Å². The second kappa shape index (κ2) is 9.09. The van der Waals surface area contributed by atoms with Crippen LogP contribution < -0.4 is 4.74 Å². The highest BCUT2D eigenvalue weighted by Gasteiger charge is 2.33. The number of carbonyl (C=O) groups is 1. The molecule has 30 heavy (non-hydrogen) atoms. The summed E-state index contributed by atoms with van der Waals surface area (Å²) in [5.74, 6) is 1.03. The predicted molar refractivity (Wildman–Crippen MR) is 118 cm³/mol. The number of likely N-dealkylation sites (N-methyl/N-ethyl adjacent to an activating group) is 1. The fraction of sp³-hybridized carbons (Fsp3) is 0.280. The number of hydrogen-bond donors (Lipinski definition) is 0. The van der Waals surface area contributed by atoms with Crippen LogP contribution in [0.1, 0.15) is 11.1 Å². The number of amides is 1. The van der Waals surface area contributed by atoms with Crippen LogP contribution in [0.15, 0.2) is 73.1 Å². The number of pyridine rings is 1. The molecule has 0 spiro atoms. The van der Waals surface area contributed by atoms with Crippen molar-refractivity contribution in [1.82, 2.24) is 14.8 Å². The largest absolute Gasteiger partial charge is 0.497 e. The van der Waals surface area contributed by atoms with E-state index >= 15 is 0 Å². The summed E-state index contributed by atoms with van der Waals surface area (Å²) in [5, 5.41) is 0. The van der Waals surface area contributed by atoms with Gasteiger partial charge in [0.1, 0.15) is 5.75 Å². The van der Waals surface area contributed by atoms with Gasteiger partial charge in [-0.1, -0.05) is 36.4 Å². The summed E-state index contributed by atoms with van der Waals surface area (Å²) in [6, 6.07) is 20.4. The van der Waals surface area contributed by atoms with Crippen molar-refractivity contribution >= 4 is 5.91 Å². The summed E-state index contributed by atoms with van der Waals surface area (Å²) >= 11 is 0. The maximum atomic E-state index is 13.0. The number of nitrogens with zero attached hydrogens (tertiary/aromatic N) is 3. The molecule has 3 aromatic rings. The number of rotatable bonds is 6. The average molecular weight is 402 g/mol. The molecule has 4 rings (SSSR count). The molecule has 1 atom stereocenters. The smallest absolute Gasteiger partial charge is 0.240 e. The van der Waals surface area contributed by atoms with Crippen LogP contribution in [0.25, 0.3) is 11.1 Å². The standard InChI is InChI=1S/C25H27N3O2/c1-27-15-16-28(18-20-5-9-23(30-2)10-6-20)24(25(27)29)17-19-3-7-21(8-4-19)22-11-13-26-14-12-22/h3-14,24H,15-18H2,1-2H3. The van der Waals surface area contributed by atoms with Gasteiger partial charge in [0, 0.05) is 39.1 Å². The Bertz CT molecular complexity index is 972. The van der Waals surface area contributed by atoms with Crippen LogP contribution in [0.4, 0.5) is 0 Å². The molecule has 154 valence electrons. The number of ether oxygens (including phenoxy) is 1. The molecule has 1 aliphatic heterocycles. The van der Waals surface area contributed by atoms with E-state index in [9.17, 15) is 4.79 Å². The summed E-state index contributed by atoms with van der Waals surface area (Å²) in [6.45, 7) is 2.38. The Kier molecular flexibility index (Phi) is 6.10. The van der Waals surface area contributed by atoms with E-state index in [2.05, 4.69) is 46.3 Å². The van der Waals surface area contributed by atoms with E-state index < -0.39 is 0 Å². The second-order valence-corrected chi connectivity index (χ2v) is 7.73. The zero-order valence-electron chi connectivity index (χ0n) is 17.5. The topological polar surface area (TPSA) is 45.7 Å². The van der Waals surface area contributed by atoms with Gasteiger partial charge in [0.15, 0.2) is 0 Å². The van der Waals surface area contributed by atoms with Crippen molar-refractivity contribution in [2.45, 2.75) is 19.0 Å². The summed E-state index contributed by atoms with van der Waals surface area (Å²) in [5.41, 5.74) is 4.65. The maximum absolute atomic E-state index is 13.0. The molecule has 0 N–H and O–H groups in total. The number of methoxy groups -OCH3 is 1. The van der Waals surface area contributed by atoms with Crippen LogP contribution in [-0.4, -0.2) is 54.0 Å². The third kappa shape index (κ3) is 4.52. The molecule has 0 bridgehead atoms. The quantitative estimate of drug-likeness (QED) is 0.633. The van der Waals surface area contributed by atoms with E-state index in [1.807, 2.05) is 36.2 Å². The molecule has 1 unspecified atom stereocenters. The van der Waals surface area contributed by atoms with E-state index in [1.165, 1.54) is 11.1 Å². The summed E-state index contributed by atoms with van der Waals surface area (Å²) in [4.78, 5) is 21.2. The average Bonchev–Trinajstić information content (AvgIpc) is 2.80. The monoisotopic (exact) mass is 401 g/mol. The predicted octanol–water partition coefficient (Wildman–Crippen LogP) is 3.64. The highest BCUT2D eigenvalue weighted by molar-refractivity contribution is 5.82. The Labute approximate surface area is 177 Å². The zero-order chi connectivity index (χ0) is 20.9. The van der Waals surface area contributed by atoms with Crippen LogP contribution in [0, 0.1) is 0 Å². The number of hydrogen-bond acceptors (Lipinski definition) is 4. The van der Waals surface area contributed by atoms with Crippen molar-refractivity contribution in [2.24, 2.45) is 0 Å². The third-order valence-corrected chi connectivity index (χ3v) is 5.77. The van der Waals surface area contributed by atoms with Gasteiger partial charge in [0.25, 0.3) is 0 Å². The summed E-state index contributed by atoms with van der Waals surface area (Å²) < 4.78 is 5.25. The van der Waals surface area contributed by atoms with Crippen molar-refractivity contribution in [3.05, 3.63) is 84.2 Å². The van der Waals surface area contributed by atoms with Crippen LogP contribution in [0.3, 0.4) is 0 Å². The fourth-order valence-electron chi connectivity index (χ4n) is 3.93. The van der Waals surface area contributed by atoms with Gasteiger partial charge in [0.2, 0.25) is 5.91 Å². The molecule has 1 saturated heterocycles. The normalized spacial score (nSPS) is 17.2. The number of aromatic nitrogens is 1. The molecule has 2 aromatic carbocycles. The highest BCUT2D eigenvalue weighted by atomic mass is 16.5. The van der Waals surface area contributed by atoms with E-state index in [-0.39, 0.29) is 11.9 Å². The lowest BCUT2D eigenvalue weighted by Gasteiger charge is -2.39. The Morgan fingerprint density at radius 2 is 1.53 bits per heavy atom. The molecule has 1 amide bonds. The Hall–Kier alpha value is -3.18. The van der Waals surface area contributed by atoms with E-state index in [4.69, 9.17) is 4.74 Å². The molecule has 0 aliphatic carbocycles. The highest BCUT2D eigenvalue weighted by Crippen LogP contribution is 2.23. The molecule has 0 radical (unpaired) electrons. The molecule has 2 heterocycles. The fourth-order valence-corrected chi connectivity index (χ4v) is 3.93. The van der Waals surface area contributed by atoms with Crippen molar-refractivity contribution in [1.29, 1.82) is 0 Å². The Morgan fingerprint density at radius 3 is 2.20 bits per heavy atom. The molecule has 5 nitrogen and oxygen atoms in total. The van der Waals surface area contributed by atoms with Crippen molar-refractivity contribution in [3.63, 3.8) is 0 Å². The number of piperazine rings is 1. The van der Waals surface area contributed by atoms with E-state index in [0.29, 0.717) is 6.42 Å². The number of benzene rings is 2. The maximum Gasteiger partial charge on any atom is 0.240 e. The minimum Gasteiger partial charge on any atom is -0.497 e. The third-order valence-electron chi connectivity index (χ3n) is 5.77. The summed E-state index contributed by atoms with van der Waals surface area (Å²) in [7, 11) is 3.57. The van der Waals surface area contributed by atoms with Gasteiger partial charge in [-0.2, -0.15) is 0 Å². The first-order valence-electron chi connectivity index (χ1n) is 10.3. The lowest BCUT2D eigenvalue weighted by atomic mass is 9.98.